The SMILES string of the molecule is Cl.Cl.NNCCCOc1ccccc1. The smallest absolute Gasteiger partial charge is 0.119 e. The Balaban J connectivity index is 0. The van der Waals surface area contributed by atoms with Gasteiger partial charge in [-0.25, -0.2) is 0 Å². The second kappa shape index (κ2) is 10.6. The van der Waals surface area contributed by atoms with E-state index in [-0.39, 0.29) is 24.8 Å². The van der Waals surface area contributed by atoms with E-state index in [0.29, 0.717) is 6.61 Å². The molecule has 3 nitrogen and oxygen atoms in total. The molecule has 0 spiro atoms. The lowest BCUT2D eigenvalue weighted by molar-refractivity contribution is 0.308. The number of nitrogens with two attached hydrogens (primary N) is 1. The number of hydrogen-bond donors (Lipinski definition) is 2. The third-order valence-electron chi connectivity index (χ3n) is 1.48. The molecular weight excluding hydrogens is 223 g/mol. The van der Waals surface area contributed by atoms with Crippen molar-refractivity contribution in [3.05, 3.63) is 30.3 Å². The van der Waals surface area contributed by atoms with Crippen LogP contribution in [0, 0.1) is 0 Å². The topological polar surface area (TPSA) is 47.3 Å². The normalized spacial score (nSPS) is 8.36. The maximum atomic E-state index is 5.41. The highest BCUT2D eigenvalue weighted by molar-refractivity contribution is 5.85. The minimum atomic E-state index is 0. The zero-order chi connectivity index (χ0) is 8.65. The lowest BCUT2D eigenvalue weighted by Gasteiger charge is -2.04. The highest BCUT2D eigenvalue weighted by Gasteiger charge is 1.89. The lowest BCUT2D eigenvalue weighted by Crippen LogP contribution is -2.24. The molecule has 1 rings (SSSR count). The van der Waals surface area contributed by atoms with E-state index in [1.165, 1.54) is 0 Å². The zero-order valence-corrected chi connectivity index (χ0v) is 9.44. The molecule has 0 radical (unpaired) electrons. The molecule has 0 saturated carbocycles. The fraction of sp³-hybridized carbons (Fsp3) is 0.333. The molecule has 3 N–H and O–H groups in total. The fourth-order valence-electron chi connectivity index (χ4n) is 0.881. The lowest BCUT2D eigenvalue weighted by atomic mass is 10.3. The maximum absolute atomic E-state index is 5.41. The van der Waals surface area contributed by atoms with E-state index < -0.39 is 0 Å². The van der Waals surface area contributed by atoms with Crippen LogP contribution in [0.25, 0.3) is 0 Å². The van der Waals surface area contributed by atoms with Gasteiger partial charge in [0.2, 0.25) is 0 Å². The summed E-state index contributed by atoms with van der Waals surface area (Å²) in [6.45, 7) is 1.49. The van der Waals surface area contributed by atoms with Gasteiger partial charge in [-0.1, -0.05) is 18.2 Å². The summed E-state index contributed by atoms with van der Waals surface area (Å²) in [6.07, 6.45) is 0.922. The molecule has 0 saturated heterocycles. The quantitative estimate of drug-likeness (QED) is 0.467. The van der Waals surface area contributed by atoms with Crippen LogP contribution < -0.4 is 16.0 Å². The van der Waals surface area contributed by atoms with Gasteiger partial charge in [0.1, 0.15) is 5.75 Å². The van der Waals surface area contributed by atoms with Crippen molar-refractivity contribution in [2.45, 2.75) is 6.42 Å². The number of rotatable bonds is 5. The first kappa shape index (κ1) is 16.0. The molecule has 0 aromatic heterocycles. The van der Waals surface area contributed by atoms with Crippen LogP contribution in [0.5, 0.6) is 5.75 Å². The fourth-order valence-corrected chi connectivity index (χ4v) is 0.881. The van der Waals surface area contributed by atoms with Gasteiger partial charge in [0.05, 0.1) is 6.61 Å². The van der Waals surface area contributed by atoms with Crippen LogP contribution in [-0.2, 0) is 0 Å². The standard InChI is InChI=1S/C9H14N2O.2ClH/c10-11-7-4-8-12-9-5-2-1-3-6-9;;/h1-3,5-6,11H,4,7-8,10H2;2*1H. The molecule has 0 atom stereocenters. The summed E-state index contributed by atoms with van der Waals surface area (Å²) in [5.74, 6) is 6.01. The summed E-state index contributed by atoms with van der Waals surface area (Å²) >= 11 is 0. The van der Waals surface area contributed by atoms with Crippen molar-refractivity contribution < 1.29 is 4.74 Å². The molecule has 1 aromatic carbocycles. The van der Waals surface area contributed by atoms with Crippen LogP contribution in [0.15, 0.2) is 30.3 Å². The first-order chi connectivity index (χ1) is 5.93. The Labute approximate surface area is 96.8 Å². The van der Waals surface area contributed by atoms with Gasteiger partial charge in [0.15, 0.2) is 0 Å². The van der Waals surface area contributed by atoms with Gasteiger partial charge in [-0.15, -0.1) is 24.8 Å². The summed E-state index contributed by atoms with van der Waals surface area (Å²) < 4.78 is 5.41. The second-order valence-electron chi connectivity index (χ2n) is 2.47. The Bertz CT molecular complexity index is 209. The second-order valence-corrected chi connectivity index (χ2v) is 2.47. The van der Waals surface area contributed by atoms with E-state index in [9.17, 15) is 0 Å². The minimum Gasteiger partial charge on any atom is -0.494 e. The van der Waals surface area contributed by atoms with Gasteiger partial charge < -0.3 is 4.74 Å². The van der Waals surface area contributed by atoms with E-state index in [0.717, 1.165) is 18.7 Å². The van der Waals surface area contributed by atoms with E-state index in [4.69, 9.17) is 10.6 Å². The molecule has 1 aromatic rings. The minimum absolute atomic E-state index is 0. The number of hydrazine groups is 1. The van der Waals surface area contributed by atoms with E-state index in [2.05, 4.69) is 5.43 Å². The summed E-state index contributed by atoms with van der Waals surface area (Å²) in [5, 5.41) is 0. The third-order valence-corrected chi connectivity index (χ3v) is 1.48. The predicted molar refractivity (Wildman–Crippen MR) is 63.2 cm³/mol. The molecule has 0 unspecified atom stereocenters. The monoisotopic (exact) mass is 238 g/mol. The van der Waals surface area contributed by atoms with Crippen LogP contribution in [0.4, 0.5) is 0 Å². The van der Waals surface area contributed by atoms with Crippen LogP contribution in [0.3, 0.4) is 0 Å². The molecule has 0 heterocycles. The van der Waals surface area contributed by atoms with E-state index in [1.54, 1.807) is 0 Å². The summed E-state index contributed by atoms with van der Waals surface area (Å²) in [5.41, 5.74) is 2.57. The number of benzene rings is 1. The number of ether oxygens (including phenoxy) is 1. The van der Waals surface area contributed by atoms with Crippen molar-refractivity contribution in [2.75, 3.05) is 13.2 Å². The predicted octanol–water partition coefficient (Wildman–Crippen LogP) is 1.76. The van der Waals surface area contributed by atoms with E-state index in [1.807, 2.05) is 30.3 Å². The maximum Gasteiger partial charge on any atom is 0.119 e. The molecule has 0 fully saturated rings. The van der Waals surface area contributed by atoms with Crippen LogP contribution >= 0.6 is 24.8 Å². The average molecular weight is 239 g/mol. The Morgan fingerprint density at radius 2 is 1.79 bits per heavy atom. The molecule has 14 heavy (non-hydrogen) atoms. The Morgan fingerprint density at radius 3 is 2.36 bits per heavy atom. The first-order valence-electron chi connectivity index (χ1n) is 4.05. The van der Waals surface area contributed by atoms with Crippen LogP contribution in [0.2, 0.25) is 0 Å². The average Bonchev–Trinajstić information content (AvgIpc) is 2.14. The van der Waals surface area contributed by atoms with Crippen molar-refractivity contribution in [1.82, 2.24) is 5.43 Å². The van der Waals surface area contributed by atoms with Crippen molar-refractivity contribution in [3.63, 3.8) is 0 Å². The molecule has 0 aliphatic carbocycles. The molecule has 0 bridgehead atoms. The van der Waals surface area contributed by atoms with Gasteiger partial charge in [-0.05, 0) is 18.6 Å². The largest absolute Gasteiger partial charge is 0.494 e. The van der Waals surface area contributed by atoms with Gasteiger partial charge in [0, 0.05) is 6.54 Å². The summed E-state index contributed by atoms with van der Waals surface area (Å²) in [4.78, 5) is 0. The Kier molecular flexibility index (Phi) is 12.1. The van der Waals surface area contributed by atoms with Gasteiger partial charge in [-0.2, -0.15) is 0 Å². The molecule has 0 aliphatic heterocycles. The Hall–Kier alpha value is -0.480. The van der Waals surface area contributed by atoms with Crippen molar-refractivity contribution >= 4 is 24.8 Å². The number of halogens is 2. The van der Waals surface area contributed by atoms with Gasteiger partial charge in [0.25, 0.3) is 0 Å². The summed E-state index contributed by atoms with van der Waals surface area (Å²) in [6, 6.07) is 9.76. The molecule has 82 valence electrons. The molecule has 0 aliphatic rings. The first-order valence-corrected chi connectivity index (χ1v) is 4.05. The van der Waals surface area contributed by atoms with E-state index >= 15 is 0 Å². The summed E-state index contributed by atoms with van der Waals surface area (Å²) in [7, 11) is 0. The molecule has 5 heteroatoms. The Morgan fingerprint density at radius 1 is 1.14 bits per heavy atom. The highest BCUT2D eigenvalue weighted by Crippen LogP contribution is 2.07. The van der Waals surface area contributed by atoms with Crippen molar-refractivity contribution in [3.8, 4) is 5.75 Å². The third kappa shape index (κ3) is 6.97. The highest BCUT2D eigenvalue weighted by atomic mass is 35.5. The van der Waals surface area contributed by atoms with Gasteiger partial charge in [-0.3, -0.25) is 11.3 Å². The van der Waals surface area contributed by atoms with Gasteiger partial charge >= 0.3 is 0 Å². The number of hydrogen-bond acceptors (Lipinski definition) is 3. The molecular formula is C9H16Cl2N2O. The van der Waals surface area contributed by atoms with Crippen LogP contribution in [0.1, 0.15) is 6.42 Å². The van der Waals surface area contributed by atoms with Crippen LogP contribution in [-0.4, -0.2) is 13.2 Å². The number of nitrogens with one attached hydrogen (secondary N) is 1. The molecule has 0 amide bonds. The zero-order valence-electron chi connectivity index (χ0n) is 7.81. The van der Waals surface area contributed by atoms with Crippen molar-refractivity contribution in [2.24, 2.45) is 5.84 Å². The number of para-hydroxylation sites is 1. The van der Waals surface area contributed by atoms with Crippen molar-refractivity contribution in [1.29, 1.82) is 0 Å².